The fourth-order valence-corrected chi connectivity index (χ4v) is 3.43. The van der Waals surface area contributed by atoms with Crippen LogP contribution in [-0.2, 0) is 6.54 Å². The first-order chi connectivity index (χ1) is 10.2. The maximum atomic E-state index is 11.8. The average Bonchev–Trinajstić information content (AvgIpc) is 3.10. The number of oxazole rings is 1. The van der Waals surface area contributed by atoms with Gasteiger partial charge in [0.2, 0.25) is 0 Å². The van der Waals surface area contributed by atoms with Crippen molar-refractivity contribution >= 4 is 22.4 Å². The predicted molar refractivity (Wildman–Crippen MR) is 86.0 cm³/mol. The summed E-state index contributed by atoms with van der Waals surface area (Å²) in [6.45, 7) is 5.53. The molecule has 0 bridgehead atoms. The van der Waals surface area contributed by atoms with Crippen LogP contribution in [0.1, 0.15) is 30.3 Å². The molecule has 2 heterocycles. The molecule has 2 aromatic heterocycles. The largest absolute Gasteiger partial charge is 0.419 e. The molecule has 0 aliphatic rings. The Morgan fingerprint density at radius 1 is 1.33 bits per heavy atom. The van der Waals surface area contributed by atoms with E-state index in [0.717, 1.165) is 17.6 Å². The van der Waals surface area contributed by atoms with Gasteiger partial charge in [0.15, 0.2) is 5.58 Å². The van der Waals surface area contributed by atoms with E-state index in [1.807, 2.05) is 19.1 Å². The summed E-state index contributed by atoms with van der Waals surface area (Å²) >= 11 is 1.72. The average molecular weight is 302 g/mol. The van der Waals surface area contributed by atoms with Crippen molar-refractivity contribution in [3.8, 4) is 0 Å². The molecule has 4 nitrogen and oxygen atoms in total. The van der Waals surface area contributed by atoms with E-state index in [0.29, 0.717) is 12.1 Å². The Bertz CT molecular complexity index is 786. The second-order valence-electron chi connectivity index (χ2n) is 4.85. The van der Waals surface area contributed by atoms with Crippen LogP contribution in [0.3, 0.4) is 0 Å². The molecule has 0 spiro atoms. The van der Waals surface area contributed by atoms with Gasteiger partial charge >= 0.3 is 5.76 Å². The van der Waals surface area contributed by atoms with Crippen LogP contribution in [0.2, 0.25) is 0 Å². The maximum Gasteiger partial charge on any atom is 0.419 e. The van der Waals surface area contributed by atoms with Crippen LogP contribution in [-0.4, -0.2) is 11.1 Å². The normalized spacial score (nSPS) is 12.9. The first kappa shape index (κ1) is 14.1. The van der Waals surface area contributed by atoms with Crippen LogP contribution >= 0.6 is 11.3 Å². The van der Waals surface area contributed by atoms with Crippen molar-refractivity contribution in [2.75, 3.05) is 6.54 Å². The summed E-state index contributed by atoms with van der Waals surface area (Å²) in [4.78, 5) is 13.0. The number of aryl methyl sites for hydroxylation is 1. The molecule has 0 saturated heterocycles. The Morgan fingerprint density at radius 3 is 2.86 bits per heavy atom. The summed E-state index contributed by atoms with van der Waals surface area (Å²) in [7, 11) is 0. The lowest BCUT2D eigenvalue weighted by Gasteiger charge is -2.16. The lowest BCUT2D eigenvalue weighted by molar-refractivity contribution is 0.512. The Balaban J connectivity index is 2.09. The van der Waals surface area contributed by atoms with Crippen LogP contribution in [0, 0.1) is 0 Å². The van der Waals surface area contributed by atoms with Gasteiger partial charge in [-0.1, -0.05) is 19.1 Å². The first-order valence-electron chi connectivity index (χ1n) is 7.14. The number of hydrogen-bond donors (Lipinski definition) is 1. The summed E-state index contributed by atoms with van der Waals surface area (Å²) in [6.07, 6.45) is 0. The number of thiophene rings is 1. The molecule has 1 atom stereocenters. The zero-order chi connectivity index (χ0) is 14.8. The van der Waals surface area contributed by atoms with Gasteiger partial charge in [-0.2, -0.15) is 0 Å². The lowest BCUT2D eigenvalue weighted by Crippen LogP contribution is -2.21. The SMILES string of the molecule is CCNC(c1ccc2c(c1)oc(=O)n2CC)c1cccs1. The minimum Gasteiger partial charge on any atom is -0.408 e. The molecule has 3 rings (SSSR count). The quantitative estimate of drug-likeness (QED) is 0.786. The molecule has 0 saturated carbocycles. The second-order valence-corrected chi connectivity index (χ2v) is 5.82. The van der Waals surface area contributed by atoms with Gasteiger partial charge in [-0.3, -0.25) is 4.57 Å². The van der Waals surface area contributed by atoms with Crippen molar-refractivity contribution in [1.82, 2.24) is 9.88 Å². The van der Waals surface area contributed by atoms with Gasteiger partial charge in [0.1, 0.15) is 0 Å². The van der Waals surface area contributed by atoms with Gasteiger partial charge in [0.05, 0.1) is 11.6 Å². The van der Waals surface area contributed by atoms with Gasteiger partial charge in [-0.05, 0) is 42.6 Å². The molecule has 1 aromatic carbocycles. The zero-order valence-electron chi connectivity index (χ0n) is 12.1. The molecule has 0 radical (unpaired) electrons. The van der Waals surface area contributed by atoms with Gasteiger partial charge in [0.25, 0.3) is 0 Å². The Kier molecular flexibility index (Phi) is 3.94. The van der Waals surface area contributed by atoms with Crippen LogP contribution in [0.25, 0.3) is 11.1 Å². The van der Waals surface area contributed by atoms with Gasteiger partial charge in [0, 0.05) is 11.4 Å². The third kappa shape index (κ3) is 2.54. The highest BCUT2D eigenvalue weighted by atomic mass is 32.1. The van der Waals surface area contributed by atoms with E-state index >= 15 is 0 Å². The van der Waals surface area contributed by atoms with Crippen molar-refractivity contribution < 1.29 is 4.42 Å². The molecular formula is C16H18N2O2S. The molecule has 1 N–H and O–H groups in total. The predicted octanol–water partition coefficient (Wildman–Crippen LogP) is 3.37. The topological polar surface area (TPSA) is 47.2 Å². The molecular weight excluding hydrogens is 284 g/mol. The smallest absolute Gasteiger partial charge is 0.408 e. The zero-order valence-corrected chi connectivity index (χ0v) is 12.9. The standard InChI is InChI=1S/C16H18N2O2S/c1-3-17-15(14-6-5-9-21-14)11-7-8-12-13(10-11)20-16(19)18(12)4-2/h5-10,15,17H,3-4H2,1-2H3. The maximum absolute atomic E-state index is 11.8. The fourth-order valence-electron chi connectivity index (χ4n) is 2.60. The third-order valence-corrected chi connectivity index (χ3v) is 4.51. The highest BCUT2D eigenvalue weighted by Gasteiger charge is 2.16. The molecule has 0 aliphatic heterocycles. The van der Waals surface area contributed by atoms with E-state index in [9.17, 15) is 4.79 Å². The van der Waals surface area contributed by atoms with E-state index < -0.39 is 0 Å². The number of rotatable bonds is 5. The molecule has 1 unspecified atom stereocenters. The van der Waals surface area contributed by atoms with Crippen molar-refractivity contribution in [3.63, 3.8) is 0 Å². The van der Waals surface area contributed by atoms with Crippen LogP contribution in [0.15, 0.2) is 44.9 Å². The summed E-state index contributed by atoms with van der Waals surface area (Å²) in [6, 6.07) is 10.3. The van der Waals surface area contributed by atoms with Crippen LogP contribution in [0.5, 0.6) is 0 Å². The third-order valence-electron chi connectivity index (χ3n) is 3.58. The minimum absolute atomic E-state index is 0.134. The molecule has 3 aromatic rings. The van der Waals surface area contributed by atoms with Crippen molar-refractivity contribution in [3.05, 3.63) is 56.7 Å². The number of aromatic nitrogens is 1. The first-order valence-corrected chi connectivity index (χ1v) is 8.02. The summed E-state index contributed by atoms with van der Waals surface area (Å²) in [5.74, 6) is -0.291. The summed E-state index contributed by atoms with van der Waals surface area (Å²) in [5, 5.41) is 5.56. The molecule has 0 aliphatic carbocycles. The Labute approximate surface area is 127 Å². The Hall–Kier alpha value is -1.85. The number of fused-ring (bicyclic) bond motifs is 1. The summed E-state index contributed by atoms with van der Waals surface area (Å²) < 4.78 is 7.00. The molecule has 0 amide bonds. The second kappa shape index (κ2) is 5.87. The van der Waals surface area contributed by atoms with E-state index in [2.05, 4.69) is 35.8 Å². The lowest BCUT2D eigenvalue weighted by atomic mass is 10.0. The minimum atomic E-state index is -0.291. The highest BCUT2D eigenvalue weighted by molar-refractivity contribution is 7.10. The van der Waals surface area contributed by atoms with Gasteiger partial charge in [-0.15, -0.1) is 11.3 Å². The van der Waals surface area contributed by atoms with Gasteiger partial charge in [-0.25, -0.2) is 4.79 Å². The monoisotopic (exact) mass is 302 g/mol. The van der Waals surface area contributed by atoms with Crippen LogP contribution in [0.4, 0.5) is 0 Å². The van der Waals surface area contributed by atoms with Crippen LogP contribution < -0.4 is 11.1 Å². The van der Waals surface area contributed by atoms with Crippen molar-refractivity contribution in [1.29, 1.82) is 0 Å². The fraction of sp³-hybridized carbons (Fsp3) is 0.312. The Morgan fingerprint density at radius 2 is 2.19 bits per heavy atom. The molecule has 21 heavy (non-hydrogen) atoms. The molecule has 110 valence electrons. The van der Waals surface area contributed by atoms with E-state index in [-0.39, 0.29) is 11.8 Å². The van der Waals surface area contributed by atoms with Gasteiger partial charge < -0.3 is 9.73 Å². The van der Waals surface area contributed by atoms with E-state index in [4.69, 9.17) is 4.42 Å². The number of nitrogens with zero attached hydrogens (tertiary/aromatic N) is 1. The van der Waals surface area contributed by atoms with E-state index in [1.165, 1.54) is 4.88 Å². The molecule has 0 fully saturated rings. The number of benzene rings is 1. The van der Waals surface area contributed by atoms with Crippen molar-refractivity contribution in [2.24, 2.45) is 0 Å². The number of nitrogens with one attached hydrogen (secondary N) is 1. The summed E-state index contributed by atoms with van der Waals surface area (Å²) in [5.41, 5.74) is 2.62. The molecule has 5 heteroatoms. The van der Waals surface area contributed by atoms with Crippen molar-refractivity contribution in [2.45, 2.75) is 26.4 Å². The highest BCUT2D eigenvalue weighted by Crippen LogP contribution is 2.28. The number of hydrogen-bond acceptors (Lipinski definition) is 4. The van der Waals surface area contributed by atoms with E-state index in [1.54, 1.807) is 15.9 Å².